The van der Waals surface area contributed by atoms with Gasteiger partial charge in [-0.3, -0.25) is 4.57 Å². The third kappa shape index (κ3) is 4.96. The van der Waals surface area contributed by atoms with Crippen LogP contribution >= 0.6 is 7.60 Å². The highest BCUT2D eigenvalue weighted by Crippen LogP contribution is 2.43. The van der Waals surface area contributed by atoms with Crippen molar-refractivity contribution >= 4 is 7.60 Å². The predicted octanol–water partition coefficient (Wildman–Crippen LogP) is 1.54. The summed E-state index contributed by atoms with van der Waals surface area (Å²) in [6.45, 7) is 5.38. The molecule has 18 heavy (non-hydrogen) atoms. The molecule has 4 atom stereocenters. The average molecular weight is 282 g/mol. The van der Waals surface area contributed by atoms with E-state index in [9.17, 15) is 4.57 Å². The smallest absolute Gasteiger partial charge is 0.327 e. The molecule has 1 fully saturated rings. The molecule has 0 radical (unpaired) electrons. The van der Waals surface area contributed by atoms with Gasteiger partial charge in [0.05, 0.1) is 38.6 Å². The molecular formula is C11H23O6P. The van der Waals surface area contributed by atoms with Crippen molar-refractivity contribution in [3.05, 3.63) is 0 Å². The summed E-state index contributed by atoms with van der Waals surface area (Å²) in [7, 11) is 0.0694. The minimum absolute atomic E-state index is 0.0348. The van der Waals surface area contributed by atoms with Gasteiger partial charge in [-0.25, -0.2) is 0 Å². The van der Waals surface area contributed by atoms with Crippen LogP contribution in [0.2, 0.25) is 0 Å². The fourth-order valence-corrected chi connectivity index (χ4v) is 2.23. The number of methoxy groups -OCH3 is 1. The minimum Gasteiger partial charge on any atom is -0.382 e. The van der Waals surface area contributed by atoms with Crippen LogP contribution in [0, 0.1) is 5.92 Å². The van der Waals surface area contributed by atoms with Crippen molar-refractivity contribution in [2.75, 3.05) is 47.3 Å². The summed E-state index contributed by atoms with van der Waals surface area (Å²) < 4.78 is 37.7. The van der Waals surface area contributed by atoms with E-state index in [-0.39, 0.29) is 24.7 Å². The first-order valence-corrected chi connectivity index (χ1v) is 7.99. The van der Waals surface area contributed by atoms with E-state index in [1.54, 1.807) is 7.11 Å². The molecule has 1 saturated heterocycles. The molecule has 0 spiro atoms. The van der Waals surface area contributed by atoms with Crippen LogP contribution < -0.4 is 0 Å². The SMILES string of the molecule is COCCOC1COC(COP(C)(=O)OC)C1C. The van der Waals surface area contributed by atoms with E-state index in [4.69, 9.17) is 23.3 Å². The monoisotopic (exact) mass is 282 g/mol. The molecule has 0 saturated carbocycles. The van der Waals surface area contributed by atoms with Gasteiger partial charge in [-0.05, 0) is 0 Å². The van der Waals surface area contributed by atoms with Crippen molar-refractivity contribution in [2.24, 2.45) is 5.92 Å². The highest BCUT2D eigenvalue weighted by atomic mass is 31.2. The van der Waals surface area contributed by atoms with Gasteiger partial charge < -0.3 is 23.3 Å². The molecule has 7 heteroatoms. The van der Waals surface area contributed by atoms with Gasteiger partial charge in [0, 0.05) is 26.8 Å². The number of rotatable bonds is 8. The summed E-state index contributed by atoms with van der Waals surface area (Å²) in [5, 5.41) is 0. The summed E-state index contributed by atoms with van der Waals surface area (Å²) >= 11 is 0. The van der Waals surface area contributed by atoms with Gasteiger partial charge in [-0.1, -0.05) is 6.92 Å². The number of ether oxygens (including phenoxy) is 3. The fourth-order valence-electron chi connectivity index (χ4n) is 1.71. The van der Waals surface area contributed by atoms with Gasteiger partial charge in [0.15, 0.2) is 0 Å². The maximum atomic E-state index is 11.6. The van der Waals surface area contributed by atoms with E-state index >= 15 is 0 Å². The van der Waals surface area contributed by atoms with Gasteiger partial charge in [0.1, 0.15) is 0 Å². The summed E-state index contributed by atoms with van der Waals surface area (Å²) in [6, 6.07) is 0. The normalized spacial score (nSPS) is 31.4. The maximum Gasteiger partial charge on any atom is 0.327 e. The van der Waals surface area contributed by atoms with Gasteiger partial charge in [0.2, 0.25) is 0 Å². The second kappa shape index (κ2) is 7.58. The molecule has 0 aliphatic carbocycles. The highest BCUT2D eigenvalue weighted by Gasteiger charge is 2.35. The first kappa shape index (κ1) is 16.1. The lowest BCUT2D eigenvalue weighted by molar-refractivity contribution is 0.000584. The molecule has 0 N–H and O–H groups in total. The van der Waals surface area contributed by atoms with Crippen LogP contribution in [-0.4, -0.2) is 59.5 Å². The Morgan fingerprint density at radius 1 is 1.33 bits per heavy atom. The van der Waals surface area contributed by atoms with Crippen molar-refractivity contribution in [2.45, 2.75) is 19.1 Å². The number of hydrogen-bond donors (Lipinski definition) is 0. The molecule has 0 aromatic rings. The van der Waals surface area contributed by atoms with E-state index in [2.05, 4.69) is 0 Å². The molecule has 4 unspecified atom stereocenters. The topological polar surface area (TPSA) is 63.2 Å². The van der Waals surface area contributed by atoms with Crippen molar-refractivity contribution in [3.63, 3.8) is 0 Å². The molecular weight excluding hydrogens is 259 g/mol. The molecule has 6 nitrogen and oxygen atoms in total. The fraction of sp³-hybridized carbons (Fsp3) is 1.00. The lowest BCUT2D eigenvalue weighted by atomic mass is 10.0. The standard InChI is InChI=1S/C11H23O6P/c1-9-10(15-6-5-13-2)7-16-11(9)8-17-18(4,12)14-3/h9-11H,5-8H2,1-4H3. The second-order valence-corrected chi connectivity index (χ2v) is 6.55. The summed E-state index contributed by atoms with van der Waals surface area (Å²) in [5.74, 6) is 0.193. The first-order chi connectivity index (χ1) is 8.50. The van der Waals surface area contributed by atoms with Crippen LogP contribution in [0.1, 0.15) is 6.92 Å². The Labute approximate surface area is 108 Å². The maximum absolute atomic E-state index is 11.6. The van der Waals surface area contributed by atoms with Crippen molar-refractivity contribution in [1.82, 2.24) is 0 Å². The van der Waals surface area contributed by atoms with Crippen LogP contribution in [-0.2, 0) is 27.8 Å². The van der Waals surface area contributed by atoms with Crippen LogP contribution in [0.15, 0.2) is 0 Å². The Bertz CT molecular complexity index is 285. The molecule has 0 aromatic carbocycles. The zero-order valence-electron chi connectivity index (χ0n) is 11.5. The number of hydrogen-bond acceptors (Lipinski definition) is 6. The summed E-state index contributed by atoms with van der Waals surface area (Å²) in [5.41, 5.74) is 0. The first-order valence-electron chi connectivity index (χ1n) is 6.00. The van der Waals surface area contributed by atoms with Crippen LogP contribution in [0.5, 0.6) is 0 Å². The Balaban J connectivity index is 2.31. The van der Waals surface area contributed by atoms with E-state index in [1.807, 2.05) is 6.92 Å². The van der Waals surface area contributed by atoms with Crippen LogP contribution in [0.4, 0.5) is 0 Å². The average Bonchev–Trinajstić information content (AvgIpc) is 2.69. The van der Waals surface area contributed by atoms with Crippen molar-refractivity contribution < 1.29 is 27.8 Å². The Morgan fingerprint density at radius 3 is 2.67 bits per heavy atom. The molecule has 1 aliphatic rings. The largest absolute Gasteiger partial charge is 0.382 e. The van der Waals surface area contributed by atoms with E-state index in [1.165, 1.54) is 13.8 Å². The highest BCUT2D eigenvalue weighted by molar-refractivity contribution is 7.52. The van der Waals surface area contributed by atoms with Crippen LogP contribution in [0.3, 0.4) is 0 Å². The lowest BCUT2D eigenvalue weighted by Crippen LogP contribution is -2.27. The summed E-state index contributed by atoms with van der Waals surface area (Å²) in [4.78, 5) is 0. The third-order valence-electron chi connectivity index (χ3n) is 3.07. The van der Waals surface area contributed by atoms with Crippen molar-refractivity contribution in [3.8, 4) is 0 Å². The molecule has 0 bridgehead atoms. The molecule has 1 aliphatic heterocycles. The Morgan fingerprint density at radius 2 is 2.06 bits per heavy atom. The van der Waals surface area contributed by atoms with Gasteiger partial charge >= 0.3 is 7.60 Å². The minimum atomic E-state index is -2.94. The van der Waals surface area contributed by atoms with Gasteiger partial charge in [0.25, 0.3) is 0 Å². The quantitative estimate of drug-likeness (QED) is 0.497. The van der Waals surface area contributed by atoms with E-state index in [0.717, 1.165) is 0 Å². The zero-order valence-corrected chi connectivity index (χ0v) is 12.4. The second-order valence-electron chi connectivity index (χ2n) is 4.38. The predicted molar refractivity (Wildman–Crippen MR) is 67.0 cm³/mol. The molecule has 0 amide bonds. The Kier molecular flexibility index (Phi) is 6.77. The molecule has 0 aromatic heterocycles. The van der Waals surface area contributed by atoms with E-state index in [0.29, 0.717) is 19.8 Å². The van der Waals surface area contributed by atoms with Crippen molar-refractivity contribution in [1.29, 1.82) is 0 Å². The molecule has 108 valence electrons. The Hall–Kier alpha value is 0.0300. The molecule has 1 rings (SSSR count). The van der Waals surface area contributed by atoms with Gasteiger partial charge in [-0.15, -0.1) is 0 Å². The van der Waals surface area contributed by atoms with Gasteiger partial charge in [-0.2, -0.15) is 0 Å². The summed E-state index contributed by atoms with van der Waals surface area (Å²) in [6.07, 6.45) is -0.0755. The lowest BCUT2D eigenvalue weighted by Gasteiger charge is -2.20. The van der Waals surface area contributed by atoms with E-state index < -0.39 is 7.60 Å². The zero-order chi connectivity index (χ0) is 13.6. The molecule has 1 heterocycles. The van der Waals surface area contributed by atoms with Crippen LogP contribution in [0.25, 0.3) is 0 Å². The third-order valence-corrected chi connectivity index (χ3v) is 4.35.